The van der Waals surface area contributed by atoms with Crippen molar-refractivity contribution < 1.29 is 4.79 Å². The van der Waals surface area contributed by atoms with Gasteiger partial charge in [-0.25, -0.2) is 0 Å². The van der Waals surface area contributed by atoms with Gasteiger partial charge in [-0.3, -0.25) is 9.78 Å². The maximum atomic E-state index is 13.3. The van der Waals surface area contributed by atoms with Crippen LogP contribution in [0.15, 0.2) is 115 Å². The number of anilines is 1. The summed E-state index contributed by atoms with van der Waals surface area (Å²) in [6.07, 6.45) is 2.11. The molecule has 2 N–H and O–H groups in total. The molecule has 3 heterocycles. The Bertz CT molecular complexity index is 2010. The highest BCUT2D eigenvalue weighted by Gasteiger charge is 2.41. The van der Waals surface area contributed by atoms with Gasteiger partial charge in [0.25, 0.3) is 0 Å². The van der Waals surface area contributed by atoms with Crippen molar-refractivity contribution in [1.29, 1.82) is 0 Å². The number of fused-ring (bicyclic) bond motifs is 2. The third kappa shape index (κ3) is 4.99. The third-order valence-electron chi connectivity index (χ3n) is 8.64. The summed E-state index contributed by atoms with van der Waals surface area (Å²) < 4.78 is 2.33. The zero-order chi connectivity index (χ0) is 30.2. The topological polar surface area (TPSA) is 62.2 Å². The second kappa shape index (κ2) is 11.6. The highest BCUT2D eigenvalue weighted by molar-refractivity contribution is 7.80. The molecule has 1 saturated heterocycles. The first-order valence-electron chi connectivity index (χ1n) is 14.9. The smallest absolute Gasteiger partial charge is 0.226 e. The van der Waals surface area contributed by atoms with E-state index in [4.69, 9.17) is 17.2 Å². The van der Waals surface area contributed by atoms with Crippen LogP contribution in [0.25, 0.3) is 27.2 Å². The van der Waals surface area contributed by atoms with Crippen molar-refractivity contribution in [2.24, 2.45) is 0 Å². The summed E-state index contributed by atoms with van der Waals surface area (Å²) in [6, 6.07) is 36.9. The van der Waals surface area contributed by atoms with Gasteiger partial charge in [0, 0.05) is 47.0 Å². The van der Waals surface area contributed by atoms with Crippen LogP contribution in [0.3, 0.4) is 0 Å². The van der Waals surface area contributed by atoms with E-state index in [0.717, 1.165) is 44.8 Å². The molecule has 2 atom stereocenters. The largest absolute Gasteiger partial charge is 0.352 e. The molecule has 2 aromatic heterocycles. The molecule has 2 unspecified atom stereocenters. The molecule has 7 rings (SSSR count). The lowest BCUT2D eigenvalue weighted by Crippen LogP contribution is -2.33. The monoisotopic (exact) mass is 595 g/mol. The van der Waals surface area contributed by atoms with Gasteiger partial charge < -0.3 is 20.1 Å². The van der Waals surface area contributed by atoms with Crippen LogP contribution in [0.1, 0.15) is 41.1 Å². The Morgan fingerprint density at radius 1 is 0.864 bits per heavy atom. The minimum absolute atomic E-state index is 0.0505. The Morgan fingerprint density at radius 3 is 2.32 bits per heavy atom. The van der Waals surface area contributed by atoms with Crippen molar-refractivity contribution in [3.63, 3.8) is 0 Å². The maximum absolute atomic E-state index is 13.3. The Labute approximate surface area is 262 Å². The number of nitrogens with one attached hydrogen (secondary N) is 2. The Hall–Kier alpha value is -5.01. The molecule has 1 aliphatic heterocycles. The van der Waals surface area contributed by atoms with Gasteiger partial charge in [0.1, 0.15) is 0 Å². The van der Waals surface area contributed by atoms with E-state index >= 15 is 0 Å². The zero-order valence-corrected chi connectivity index (χ0v) is 25.5. The van der Waals surface area contributed by atoms with Gasteiger partial charge in [-0.05, 0) is 72.7 Å². The van der Waals surface area contributed by atoms with Crippen molar-refractivity contribution in [1.82, 2.24) is 19.8 Å². The summed E-state index contributed by atoms with van der Waals surface area (Å²) in [4.78, 5) is 20.2. The fourth-order valence-corrected chi connectivity index (χ4v) is 6.95. The van der Waals surface area contributed by atoms with Crippen LogP contribution in [-0.4, -0.2) is 32.0 Å². The molecule has 6 nitrogen and oxygen atoms in total. The number of benzene rings is 4. The van der Waals surface area contributed by atoms with E-state index in [1.54, 1.807) is 0 Å². The SMILES string of the molecule is Cc1cc(C2C(c3ccccn3)NC(=S)N2CCC(=O)Nc2cccc3ccccc23)c(C)n1-c1cccc2ccccc12. The Morgan fingerprint density at radius 2 is 1.55 bits per heavy atom. The molecule has 0 spiro atoms. The normalized spacial score (nSPS) is 16.4. The second-order valence-electron chi connectivity index (χ2n) is 11.3. The lowest BCUT2D eigenvalue weighted by Gasteiger charge is -2.28. The minimum atomic E-state index is -0.161. The summed E-state index contributed by atoms with van der Waals surface area (Å²) in [5, 5.41) is 11.8. The number of carbonyl (C=O) groups excluding carboxylic acids is 1. The quantitative estimate of drug-likeness (QED) is 0.185. The van der Waals surface area contributed by atoms with Gasteiger partial charge in [0.05, 0.1) is 23.5 Å². The maximum Gasteiger partial charge on any atom is 0.226 e. The molecule has 4 aromatic carbocycles. The van der Waals surface area contributed by atoms with Gasteiger partial charge in [0.2, 0.25) is 5.91 Å². The predicted octanol–water partition coefficient (Wildman–Crippen LogP) is 7.80. The van der Waals surface area contributed by atoms with Crippen molar-refractivity contribution in [3.05, 3.63) is 138 Å². The molecule has 0 bridgehead atoms. The number of aromatic nitrogens is 2. The summed E-state index contributed by atoms with van der Waals surface area (Å²) in [6.45, 7) is 4.79. The molecule has 1 aliphatic rings. The van der Waals surface area contributed by atoms with Crippen LogP contribution < -0.4 is 10.6 Å². The Kier molecular flexibility index (Phi) is 7.32. The number of pyridine rings is 1. The van der Waals surface area contributed by atoms with Gasteiger partial charge in [-0.1, -0.05) is 78.9 Å². The second-order valence-corrected chi connectivity index (χ2v) is 11.7. The minimum Gasteiger partial charge on any atom is -0.352 e. The molecule has 0 aliphatic carbocycles. The van der Waals surface area contributed by atoms with E-state index in [1.165, 1.54) is 10.8 Å². The van der Waals surface area contributed by atoms with Gasteiger partial charge >= 0.3 is 0 Å². The number of carbonyl (C=O) groups is 1. The van der Waals surface area contributed by atoms with Gasteiger partial charge in [-0.15, -0.1) is 0 Å². The van der Waals surface area contributed by atoms with Crippen LogP contribution in [0.2, 0.25) is 0 Å². The zero-order valence-electron chi connectivity index (χ0n) is 24.7. The number of rotatable bonds is 7. The fourth-order valence-electron chi connectivity index (χ4n) is 6.61. The van der Waals surface area contributed by atoms with Crippen molar-refractivity contribution >= 4 is 50.5 Å². The average Bonchev–Trinajstić information content (AvgIpc) is 3.54. The third-order valence-corrected chi connectivity index (χ3v) is 8.99. The molecule has 0 radical (unpaired) electrons. The van der Waals surface area contributed by atoms with Crippen LogP contribution in [0.4, 0.5) is 5.69 Å². The van der Waals surface area contributed by atoms with Crippen molar-refractivity contribution in [3.8, 4) is 5.69 Å². The number of nitrogens with zero attached hydrogens (tertiary/aromatic N) is 3. The lowest BCUT2D eigenvalue weighted by molar-refractivity contribution is -0.116. The average molecular weight is 596 g/mol. The summed E-state index contributed by atoms with van der Waals surface area (Å²) >= 11 is 5.93. The molecule has 218 valence electrons. The van der Waals surface area contributed by atoms with Crippen LogP contribution in [-0.2, 0) is 4.79 Å². The summed E-state index contributed by atoms with van der Waals surface area (Å²) in [7, 11) is 0. The van der Waals surface area contributed by atoms with E-state index in [9.17, 15) is 4.79 Å². The van der Waals surface area contributed by atoms with Crippen LogP contribution in [0, 0.1) is 13.8 Å². The highest BCUT2D eigenvalue weighted by atomic mass is 32.1. The highest BCUT2D eigenvalue weighted by Crippen LogP contribution is 2.42. The summed E-state index contributed by atoms with van der Waals surface area (Å²) in [5.41, 5.74) is 6.32. The molecule has 1 amide bonds. The molecule has 1 fully saturated rings. The standard InChI is InChI=1S/C37H33N5OS/c1-24-23-30(25(2)42(24)33-19-10-14-27-12-4-6-16-29(27)33)36-35(32-17-7-8-21-38-32)40-37(44)41(36)22-20-34(43)39-31-18-9-13-26-11-3-5-15-28(26)31/h3-19,21,23,35-36H,20,22H2,1-2H3,(H,39,43)(H,40,44). The molecular formula is C37H33N5OS. The lowest BCUT2D eigenvalue weighted by atomic mass is 9.96. The first kappa shape index (κ1) is 27.8. The van der Waals surface area contributed by atoms with Gasteiger partial charge in [0.15, 0.2) is 5.11 Å². The predicted molar refractivity (Wildman–Crippen MR) is 182 cm³/mol. The van der Waals surface area contributed by atoms with Crippen LogP contribution in [0.5, 0.6) is 0 Å². The van der Waals surface area contributed by atoms with Crippen molar-refractivity contribution in [2.75, 3.05) is 11.9 Å². The van der Waals surface area contributed by atoms with E-state index in [-0.39, 0.29) is 18.0 Å². The van der Waals surface area contributed by atoms with Gasteiger partial charge in [-0.2, -0.15) is 0 Å². The van der Waals surface area contributed by atoms with Crippen molar-refractivity contribution in [2.45, 2.75) is 32.4 Å². The molecular weight excluding hydrogens is 563 g/mol. The molecule has 7 heteroatoms. The first-order chi connectivity index (χ1) is 21.5. The molecule has 6 aromatic rings. The molecule has 0 saturated carbocycles. The van der Waals surface area contributed by atoms with E-state index in [1.807, 2.05) is 54.7 Å². The number of aryl methyl sites for hydroxylation is 1. The number of hydrogen-bond acceptors (Lipinski definition) is 3. The van der Waals surface area contributed by atoms with E-state index in [0.29, 0.717) is 18.1 Å². The van der Waals surface area contributed by atoms with E-state index in [2.05, 4.69) is 94.6 Å². The number of amides is 1. The molecule has 44 heavy (non-hydrogen) atoms. The first-order valence-corrected chi connectivity index (χ1v) is 15.3. The Balaban J connectivity index is 1.23. The van der Waals surface area contributed by atoms with E-state index < -0.39 is 0 Å². The fraction of sp³-hybridized carbons (Fsp3) is 0.162. The van der Waals surface area contributed by atoms with Crippen LogP contribution >= 0.6 is 12.2 Å². The number of thiocarbonyl (C=S) groups is 1. The number of hydrogen-bond donors (Lipinski definition) is 2. The summed E-state index contributed by atoms with van der Waals surface area (Å²) in [5.74, 6) is -0.0505.